The Bertz CT molecular complexity index is 66.6. The van der Waals surface area contributed by atoms with E-state index in [1.54, 1.807) is 0 Å². The van der Waals surface area contributed by atoms with E-state index >= 15 is 0 Å². The predicted octanol–water partition coefficient (Wildman–Crippen LogP) is 1.67. The maximum Gasteiger partial charge on any atom is 0.268 e. The first kappa shape index (κ1) is 6.49. The largest absolute Gasteiger partial charge is 0.268 e. The van der Waals surface area contributed by atoms with E-state index < -0.39 is 12.7 Å². The molecule has 0 aliphatic rings. The van der Waals surface area contributed by atoms with Crippen molar-refractivity contribution in [1.29, 1.82) is 0 Å². The second kappa shape index (κ2) is 3.67. The normalized spacial score (nSPS) is 8.43. The lowest BCUT2D eigenvalue weighted by atomic mass is 10.7. The fourth-order valence-corrected chi connectivity index (χ4v) is 0.0945. The van der Waals surface area contributed by atoms with Gasteiger partial charge < -0.3 is 0 Å². The second-order valence-electron chi connectivity index (χ2n) is 0.770. The van der Waals surface area contributed by atoms with Crippen LogP contribution in [0.15, 0.2) is 12.2 Å². The Morgan fingerprint density at radius 3 is 2.29 bits per heavy atom. The molecule has 0 saturated heterocycles. The van der Waals surface area contributed by atoms with Crippen LogP contribution in [0.4, 0.5) is 13.3 Å². The Labute approximate surface area is 38.3 Å². The molecular formula is C3H3F3O. The highest BCUT2D eigenvalue weighted by molar-refractivity contribution is 4.78. The van der Waals surface area contributed by atoms with Gasteiger partial charge in [0.25, 0.3) is 6.08 Å². The van der Waals surface area contributed by atoms with Crippen LogP contribution in [-0.4, -0.2) is 6.61 Å². The van der Waals surface area contributed by atoms with Gasteiger partial charge in [0.1, 0.15) is 6.61 Å². The highest BCUT2D eigenvalue weighted by Gasteiger charge is 1.84. The van der Waals surface area contributed by atoms with Gasteiger partial charge in [0.05, 0.1) is 0 Å². The lowest BCUT2D eigenvalue weighted by Crippen LogP contribution is -1.74. The molecular weight excluding hydrogens is 109 g/mol. The first-order valence-corrected chi connectivity index (χ1v) is 1.52. The zero-order valence-corrected chi connectivity index (χ0v) is 3.33. The average Bonchev–Trinajstić information content (AvgIpc) is 1.61. The number of rotatable bonds is 2. The van der Waals surface area contributed by atoms with Crippen LogP contribution in [0.5, 0.6) is 0 Å². The van der Waals surface area contributed by atoms with Crippen LogP contribution in [0.2, 0.25) is 0 Å². The van der Waals surface area contributed by atoms with Gasteiger partial charge in [0, 0.05) is 6.08 Å². The molecule has 0 saturated carbocycles. The molecule has 0 radical (unpaired) electrons. The van der Waals surface area contributed by atoms with E-state index in [4.69, 9.17) is 0 Å². The van der Waals surface area contributed by atoms with Gasteiger partial charge in [0.2, 0.25) is 0 Å². The number of halogens is 3. The molecule has 0 heterocycles. The summed E-state index contributed by atoms with van der Waals surface area (Å²) in [6.45, 7) is -0.678. The fourth-order valence-electron chi connectivity index (χ4n) is 0.0945. The van der Waals surface area contributed by atoms with E-state index in [2.05, 4.69) is 4.94 Å². The van der Waals surface area contributed by atoms with Crippen molar-refractivity contribution in [3.63, 3.8) is 0 Å². The minimum absolute atomic E-state index is 0.333. The summed E-state index contributed by atoms with van der Waals surface area (Å²) in [5.74, 6) is 0. The topological polar surface area (TPSA) is 9.23 Å². The van der Waals surface area contributed by atoms with Crippen molar-refractivity contribution in [2.75, 3.05) is 6.61 Å². The van der Waals surface area contributed by atoms with Crippen molar-refractivity contribution in [2.45, 2.75) is 0 Å². The van der Waals surface area contributed by atoms with Gasteiger partial charge in [-0.2, -0.15) is 13.7 Å². The maximum absolute atomic E-state index is 10.8. The third kappa shape index (κ3) is 5.49. The van der Waals surface area contributed by atoms with Crippen LogP contribution in [0, 0.1) is 0 Å². The van der Waals surface area contributed by atoms with Gasteiger partial charge in [-0.05, 0) is 4.53 Å². The zero-order valence-electron chi connectivity index (χ0n) is 3.33. The molecule has 0 aliphatic heterocycles. The van der Waals surface area contributed by atoms with Crippen molar-refractivity contribution >= 4 is 0 Å². The van der Waals surface area contributed by atoms with E-state index in [0.717, 1.165) is 0 Å². The summed E-state index contributed by atoms with van der Waals surface area (Å²) in [6, 6.07) is 0. The van der Waals surface area contributed by atoms with Crippen molar-refractivity contribution in [1.82, 2.24) is 0 Å². The SMILES string of the molecule is FOCC=C(F)F. The lowest BCUT2D eigenvalue weighted by Gasteiger charge is -1.77. The van der Waals surface area contributed by atoms with Crippen molar-refractivity contribution < 1.29 is 18.2 Å². The molecule has 4 heteroatoms. The van der Waals surface area contributed by atoms with Crippen LogP contribution in [0.1, 0.15) is 0 Å². The third-order valence-corrected chi connectivity index (χ3v) is 0.301. The molecule has 0 aromatic heterocycles. The Hall–Kier alpha value is -0.510. The molecule has 0 unspecified atom stereocenters. The van der Waals surface area contributed by atoms with Gasteiger partial charge in [-0.25, -0.2) is 0 Å². The predicted molar refractivity (Wildman–Crippen MR) is 17.4 cm³/mol. The van der Waals surface area contributed by atoms with Gasteiger partial charge in [-0.3, -0.25) is 0 Å². The molecule has 42 valence electrons. The second-order valence-corrected chi connectivity index (χ2v) is 0.770. The highest BCUT2D eigenvalue weighted by Crippen LogP contribution is 1.94. The standard InChI is InChI=1S/C3H3F3O/c4-3(5)1-2-7-6/h1H,2H2. The first-order chi connectivity index (χ1) is 3.27. The summed E-state index contributed by atoms with van der Waals surface area (Å²) in [4.78, 5) is 2.80. The summed E-state index contributed by atoms with van der Waals surface area (Å²) in [6.07, 6.45) is -1.60. The first-order valence-electron chi connectivity index (χ1n) is 1.52. The summed E-state index contributed by atoms with van der Waals surface area (Å²) < 4.78 is 32.1. The third-order valence-electron chi connectivity index (χ3n) is 0.301. The lowest BCUT2D eigenvalue weighted by molar-refractivity contribution is -0.118. The van der Waals surface area contributed by atoms with Gasteiger partial charge >= 0.3 is 0 Å². The molecule has 0 rings (SSSR count). The quantitative estimate of drug-likeness (QED) is 0.527. The van der Waals surface area contributed by atoms with E-state index in [-0.39, 0.29) is 0 Å². The van der Waals surface area contributed by atoms with Crippen molar-refractivity contribution in [2.24, 2.45) is 0 Å². The van der Waals surface area contributed by atoms with Crippen molar-refractivity contribution in [3.05, 3.63) is 12.2 Å². The molecule has 0 fully saturated rings. The number of hydrogen-bond donors (Lipinski definition) is 0. The van der Waals surface area contributed by atoms with E-state index in [1.165, 1.54) is 0 Å². The van der Waals surface area contributed by atoms with Crippen LogP contribution in [0.25, 0.3) is 0 Å². The van der Waals surface area contributed by atoms with E-state index in [9.17, 15) is 13.3 Å². The summed E-state index contributed by atoms with van der Waals surface area (Å²) >= 11 is 0. The van der Waals surface area contributed by atoms with Crippen molar-refractivity contribution in [3.8, 4) is 0 Å². The highest BCUT2D eigenvalue weighted by atomic mass is 19.3. The van der Waals surface area contributed by atoms with Gasteiger partial charge in [0.15, 0.2) is 0 Å². The van der Waals surface area contributed by atoms with E-state index in [0.29, 0.717) is 6.08 Å². The molecule has 0 amide bonds. The van der Waals surface area contributed by atoms with Crippen LogP contribution in [0.3, 0.4) is 0 Å². The number of hydrogen-bond acceptors (Lipinski definition) is 1. The Kier molecular flexibility index (Phi) is 3.40. The van der Waals surface area contributed by atoms with Crippen LogP contribution in [-0.2, 0) is 4.94 Å². The van der Waals surface area contributed by atoms with Gasteiger partial charge in [-0.1, -0.05) is 0 Å². The maximum atomic E-state index is 10.8. The van der Waals surface area contributed by atoms with Gasteiger partial charge in [-0.15, -0.1) is 0 Å². The minimum Gasteiger partial charge on any atom is -0.190 e. The molecule has 0 N–H and O–H groups in total. The molecule has 0 aromatic carbocycles. The van der Waals surface area contributed by atoms with Crippen LogP contribution < -0.4 is 0 Å². The fraction of sp³-hybridized carbons (Fsp3) is 0.333. The Morgan fingerprint density at radius 1 is 1.57 bits per heavy atom. The molecule has 7 heavy (non-hydrogen) atoms. The monoisotopic (exact) mass is 112 g/mol. The zero-order chi connectivity index (χ0) is 5.70. The smallest absolute Gasteiger partial charge is 0.190 e. The van der Waals surface area contributed by atoms with Crippen LogP contribution >= 0.6 is 0 Å². The molecule has 1 nitrogen and oxygen atoms in total. The summed E-state index contributed by atoms with van der Waals surface area (Å²) in [5.41, 5.74) is 0. The molecule has 0 spiro atoms. The Balaban J connectivity index is 3.08. The Morgan fingerprint density at radius 2 is 2.14 bits per heavy atom. The summed E-state index contributed by atoms with van der Waals surface area (Å²) in [7, 11) is 0. The molecule has 0 aliphatic carbocycles. The molecule has 0 bridgehead atoms. The summed E-state index contributed by atoms with van der Waals surface area (Å²) in [5, 5.41) is 0. The molecule has 0 atom stereocenters. The van der Waals surface area contributed by atoms with E-state index in [1.807, 2.05) is 0 Å². The average molecular weight is 112 g/mol. The minimum atomic E-state index is -1.93. The molecule has 0 aromatic rings.